The van der Waals surface area contributed by atoms with Crippen molar-refractivity contribution in [1.82, 2.24) is 0 Å². The Kier molecular flexibility index (Phi) is 2.76. The maximum atomic E-state index is 9.28. The molecule has 0 aliphatic rings. The lowest BCUT2D eigenvalue weighted by molar-refractivity contribution is 0.153. The van der Waals surface area contributed by atoms with Crippen molar-refractivity contribution in [2.24, 2.45) is 5.41 Å². The van der Waals surface area contributed by atoms with E-state index in [4.69, 9.17) is 4.42 Å². The van der Waals surface area contributed by atoms with E-state index in [0.717, 1.165) is 17.8 Å². The Balaban J connectivity index is 2.42. The van der Waals surface area contributed by atoms with Gasteiger partial charge in [-0.05, 0) is 24.0 Å². The van der Waals surface area contributed by atoms with Gasteiger partial charge in [-0.2, -0.15) is 0 Å². The van der Waals surface area contributed by atoms with Crippen molar-refractivity contribution < 1.29 is 9.52 Å². The molecule has 86 valence electrons. The summed E-state index contributed by atoms with van der Waals surface area (Å²) in [6, 6.07) is 8.06. The van der Waals surface area contributed by atoms with E-state index in [-0.39, 0.29) is 12.0 Å². The molecule has 1 heterocycles. The van der Waals surface area contributed by atoms with Gasteiger partial charge in [-0.15, -0.1) is 0 Å². The molecule has 1 aromatic carbocycles. The molecule has 2 heteroatoms. The topological polar surface area (TPSA) is 33.4 Å². The summed E-state index contributed by atoms with van der Waals surface area (Å²) in [5.74, 6) is 0.986. The molecular formula is C14H18O2. The number of aliphatic hydroxyl groups is 1. The van der Waals surface area contributed by atoms with Gasteiger partial charge < -0.3 is 9.52 Å². The fourth-order valence-corrected chi connectivity index (χ4v) is 1.88. The van der Waals surface area contributed by atoms with E-state index in [1.54, 1.807) is 0 Å². The lowest BCUT2D eigenvalue weighted by atomic mass is 9.88. The summed E-state index contributed by atoms with van der Waals surface area (Å²) in [5, 5.41) is 10.5. The van der Waals surface area contributed by atoms with E-state index in [9.17, 15) is 5.11 Å². The number of hydrogen-bond donors (Lipinski definition) is 1. The summed E-state index contributed by atoms with van der Waals surface area (Å²) < 4.78 is 5.83. The number of hydrogen-bond acceptors (Lipinski definition) is 2. The van der Waals surface area contributed by atoms with E-state index >= 15 is 0 Å². The lowest BCUT2D eigenvalue weighted by Crippen LogP contribution is -2.19. The zero-order valence-electron chi connectivity index (χ0n) is 10.1. The predicted molar refractivity (Wildman–Crippen MR) is 65.5 cm³/mol. The van der Waals surface area contributed by atoms with Crippen molar-refractivity contribution in [3.63, 3.8) is 0 Å². The van der Waals surface area contributed by atoms with Crippen LogP contribution in [0.4, 0.5) is 0 Å². The highest BCUT2D eigenvalue weighted by Crippen LogP contribution is 2.30. The van der Waals surface area contributed by atoms with Crippen molar-refractivity contribution in [3.05, 3.63) is 35.6 Å². The molecule has 1 N–H and O–H groups in total. The summed E-state index contributed by atoms with van der Waals surface area (Å²) in [5.41, 5.74) is 2.00. The van der Waals surface area contributed by atoms with E-state index in [0.29, 0.717) is 0 Å². The first-order valence-electron chi connectivity index (χ1n) is 5.61. The molecule has 0 saturated heterocycles. The monoisotopic (exact) mass is 218 g/mol. The number of benzene rings is 1. The predicted octanol–water partition coefficient (Wildman–Crippen LogP) is 3.30. The van der Waals surface area contributed by atoms with Crippen LogP contribution in [0.3, 0.4) is 0 Å². The number of fused-ring (bicyclic) bond motifs is 1. The number of aliphatic hydroxyl groups excluding tert-OH is 1. The van der Waals surface area contributed by atoms with Crippen molar-refractivity contribution in [3.8, 4) is 0 Å². The van der Waals surface area contributed by atoms with Crippen LogP contribution in [-0.2, 0) is 6.42 Å². The Morgan fingerprint density at radius 3 is 2.56 bits per heavy atom. The maximum absolute atomic E-state index is 9.28. The normalized spacial score (nSPS) is 12.2. The van der Waals surface area contributed by atoms with E-state index in [2.05, 4.69) is 13.0 Å². The second-order valence-electron chi connectivity index (χ2n) is 5.15. The summed E-state index contributed by atoms with van der Waals surface area (Å²) in [7, 11) is 0. The minimum Gasteiger partial charge on any atom is -0.461 e. The first kappa shape index (κ1) is 11.2. The van der Waals surface area contributed by atoms with Crippen molar-refractivity contribution in [2.45, 2.75) is 27.2 Å². The van der Waals surface area contributed by atoms with E-state index < -0.39 is 0 Å². The fraction of sp³-hybridized carbons (Fsp3) is 0.429. The largest absolute Gasteiger partial charge is 0.461 e. The molecule has 1 aromatic heterocycles. The minimum absolute atomic E-state index is 0.126. The van der Waals surface area contributed by atoms with Crippen LogP contribution in [0.25, 0.3) is 11.0 Å². The van der Waals surface area contributed by atoms with Crippen LogP contribution in [0.15, 0.2) is 28.7 Å². The molecule has 0 atom stereocenters. The van der Waals surface area contributed by atoms with Crippen molar-refractivity contribution >= 4 is 11.0 Å². The highest BCUT2D eigenvalue weighted by Gasteiger charge is 2.21. The molecule has 0 aliphatic carbocycles. The first-order valence-corrected chi connectivity index (χ1v) is 5.61. The summed E-state index contributed by atoms with van der Waals surface area (Å²) in [6.45, 7) is 6.33. The number of para-hydroxylation sites is 1. The number of rotatable bonds is 3. The Hall–Kier alpha value is -1.28. The standard InChI is InChI=1S/C14H18O2/c1-10-11-6-4-5-7-12(11)16-13(10)8-14(2,3)9-15/h4-7,15H,8-9H2,1-3H3. The third kappa shape index (κ3) is 1.98. The molecule has 0 radical (unpaired) electrons. The molecule has 0 unspecified atom stereocenters. The SMILES string of the molecule is Cc1c(CC(C)(C)CO)oc2ccccc12. The maximum Gasteiger partial charge on any atom is 0.134 e. The number of furan rings is 1. The highest BCUT2D eigenvalue weighted by molar-refractivity contribution is 5.81. The zero-order chi connectivity index (χ0) is 11.8. The molecule has 0 aliphatic heterocycles. The van der Waals surface area contributed by atoms with Gasteiger partial charge in [0.1, 0.15) is 11.3 Å². The van der Waals surface area contributed by atoms with Crippen molar-refractivity contribution in [1.29, 1.82) is 0 Å². The molecule has 0 amide bonds. The van der Waals surface area contributed by atoms with Gasteiger partial charge in [0.2, 0.25) is 0 Å². The second kappa shape index (κ2) is 3.95. The third-order valence-electron chi connectivity index (χ3n) is 3.01. The van der Waals surface area contributed by atoms with Gasteiger partial charge in [-0.1, -0.05) is 32.0 Å². The van der Waals surface area contributed by atoms with Gasteiger partial charge in [0, 0.05) is 18.4 Å². The van der Waals surface area contributed by atoms with Crippen LogP contribution in [0.5, 0.6) is 0 Å². The Morgan fingerprint density at radius 2 is 1.94 bits per heavy atom. The van der Waals surface area contributed by atoms with Gasteiger partial charge in [-0.25, -0.2) is 0 Å². The van der Waals surface area contributed by atoms with Gasteiger partial charge in [0.05, 0.1) is 0 Å². The molecule has 2 rings (SSSR count). The van der Waals surface area contributed by atoms with Crippen LogP contribution in [-0.4, -0.2) is 11.7 Å². The summed E-state index contributed by atoms with van der Waals surface area (Å²) in [4.78, 5) is 0. The lowest BCUT2D eigenvalue weighted by Gasteiger charge is -2.20. The molecule has 0 fully saturated rings. The van der Waals surface area contributed by atoms with Crippen LogP contribution < -0.4 is 0 Å². The molecule has 0 saturated carbocycles. The van der Waals surface area contributed by atoms with Crippen LogP contribution in [0, 0.1) is 12.3 Å². The fourth-order valence-electron chi connectivity index (χ4n) is 1.88. The highest BCUT2D eigenvalue weighted by atomic mass is 16.3. The van der Waals surface area contributed by atoms with Crippen LogP contribution in [0.1, 0.15) is 25.2 Å². The van der Waals surface area contributed by atoms with Crippen LogP contribution in [0.2, 0.25) is 0 Å². The molecule has 16 heavy (non-hydrogen) atoms. The zero-order valence-corrected chi connectivity index (χ0v) is 10.1. The number of aryl methyl sites for hydroxylation is 1. The van der Waals surface area contributed by atoms with Gasteiger partial charge in [0.25, 0.3) is 0 Å². The average molecular weight is 218 g/mol. The van der Waals surface area contributed by atoms with E-state index in [1.807, 2.05) is 32.0 Å². The first-order chi connectivity index (χ1) is 7.53. The molecular weight excluding hydrogens is 200 g/mol. The van der Waals surface area contributed by atoms with E-state index in [1.165, 1.54) is 10.9 Å². The van der Waals surface area contributed by atoms with Gasteiger partial charge in [0.15, 0.2) is 0 Å². The Bertz CT molecular complexity index is 494. The molecule has 2 nitrogen and oxygen atoms in total. The average Bonchev–Trinajstić information content (AvgIpc) is 2.56. The van der Waals surface area contributed by atoms with Gasteiger partial charge in [-0.3, -0.25) is 0 Å². The summed E-state index contributed by atoms with van der Waals surface area (Å²) >= 11 is 0. The third-order valence-corrected chi connectivity index (χ3v) is 3.01. The molecule has 0 bridgehead atoms. The minimum atomic E-state index is -0.126. The quantitative estimate of drug-likeness (QED) is 0.857. The Labute approximate surface area is 95.9 Å². The second-order valence-corrected chi connectivity index (χ2v) is 5.15. The van der Waals surface area contributed by atoms with Gasteiger partial charge >= 0.3 is 0 Å². The molecule has 2 aromatic rings. The Morgan fingerprint density at radius 1 is 1.25 bits per heavy atom. The summed E-state index contributed by atoms with van der Waals surface area (Å²) in [6.07, 6.45) is 0.768. The van der Waals surface area contributed by atoms with Crippen LogP contribution >= 0.6 is 0 Å². The van der Waals surface area contributed by atoms with Crippen molar-refractivity contribution in [2.75, 3.05) is 6.61 Å². The smallest absolute Gasteiger partial charge is 0.134 e. The molecule has 0 spiro atoms.